The standard InChI is InChI=1S/C25H23F6N3O4/c1-15-19(32-10-9-20(15)38-14-24(26,27)28)13-37-21-8-3-16(11-22(21)36-2)12-33-23(35)34-18-6-4-17(5-7-18)25(29,30)31/h3-11H,12-14H2,1-2H3,(H2,33,34,35). The van der Waals surface area contributed by atoms with Crippen LogP contribution in [0.25, 0.3) is 0 Å². The van der Waals surface area contributed by atoms with Gasteiger partial charge in [-0.05, 0) is 55.0 Å². The number of methoxy groups -OCH3 is 1. The van der Waals surface area contributed by atoms with Crippen molar-refractivity contribution in [2.75, 3.05) is 19.0 Å². The Morgan fingerprint density at radius 2 is 1.63 bits per heavy atom. The Hall–Kier alpha value is -4.16. The van der Waals surface area contributed by atoms with E-state index in [4.69, 9.17) is 14.2 Å². The molecular weight excluding hydrogens is 520 g/mol. The summed E-state index contributed by atoms with van der Waals surface area (Å²) in [6, 6.07) is 9.57. The summed E-state index contributed by atoms with van der Waals surface area (Å²) < 4.78 is 91.3. The van der Waals surface area contributed by atoms with E-state index >= 15 is 0 Å². The summed E-state index contributed by atoms with van der Waals surface area (Å²) in [5, 5.41) is 5.03. The number of alkyl halides is 6. The minimum atomic E-state index is -4.47. The summed E-state index contributed by atoms with van der Waals surface area (Å²) in [5.41, 5.74) is 0.765. The van der Waals surface area contributed by atoms with Gasteiger partial charge in [-0.3, -0.25) is 4.98 Å². The molecule has 204 valence electrons. The van der Waals surface area contributed by atoms with Gasteiger partial charge in [0.2, 0.25) is 0 Å². The number of ether oxygens (including phenoxy) is 3. The maximum absolute atomic E-state index is 12.7. The first-order valence-electron chi connectivity index (χ1n) is 11.0. The smallest absolute Gasteiger partial charge is 0.422 e. The number of carbonyl (C=O) groups excluding carboxylic acids is 1. The topological polar surface area (TPSA) is 81.7 Å². The third-order valence-corrected chi connectivity index (χ3v) is 5.17. The maximum Gasteiger partial charge on any atom is 0.422 e. The van der Waals surface area contributed by atoms with E-state index in [0.717, 1.165) is 24.3 Å². The Balaban J connectivity index is 1.57. The van der Waals surface area contributed by atoms with Gasteiger partial charge in [-0.2, -0.15) is 26.3 Å². The van der Waals surface area contributed by atoms with Crippen LogP contribution in [-0.2, 0) is 19.3 Å². The van der Waals surface area contributed by atoms with E-state index < -0.39 is 30.6 Å². The molecule has 3 rings (SSSR count). The van der Waals surface area contributed by atoms with Crippen molar-refractivity contribution in [2.24, 2.45) is 0 Å². The van der Waals surface area contributed by atoms with Crippen LogP contribution in [0.3, 0.4) is 0 Å². The number of aromatic nitrogens is 1. The number of benzene rings is 2. The molecule has 0 unspecified atom stereocenters. The molecule has 0 radical (unpaired) electrons. The zero-order valence-corrected chi connectivity index (χ0v) is 20.2. The Bertz CT molecular complexity index is 1250. The summed E-state index contributed by atoms with van der Waals surface area (Å²) in [7, 11) is 1.41. The van der Waals surface area contributed by atoms with Crippen molar-refractivity contribution in [3.63, 3.8) is 0 Å². The van der Waals surface area contributed by atoms with Crippen LogP contribution in [0.1, 0.15) is 22.4 Å². The minimum Gasteiger partial charge on any atom is -0.493 e. The number of halogens is 6. The number of hydrogen-bond acceptors (Lipinski definition) is 5. The summed E-state index contributed by atoms with van der Waals surface area (Å²) in [6.45, 7) is 0.143. The number of hydrogen-bond donors (Lipinski definition) is 2. The van der Waals surface area contributed by atoms with Crippen LogP contribution < -0.4 is 24.8 Å². The molecule has 0 bridgehead atoms. The zero-order valence-electron chi connectivity index (χ0n) is 20.2. The molecule has 0 spiro atoms. The first kappa shape index (κ1) is 28.4. The Kier molecular flexibility index (Phi) is 8.92. The largest absolute Gasteiger partial charge is 0.493 e. The fraction of sp³-hybridized carbons (Fsp3) is 0.280. The van der Waals surface area contributed by atoms with Crippen molar-refractivity contribution < 1.29 is 45.3 Å². The second-order valence-electron chi connectivity index (χ2n) is 7.94. The highest BCUT2D eigenvalue weighted by atomic mass is 19.4. The average Bonchev–Trinajstić information content (AvgIpc) is 2.85. The zero-order chi connectivity index (χ0) is 27.9. The summed E-state index contributed by atoms with van der Waals surface area (Å²) >= 11 is 0. The predicted octanol–water partition coefficient (Wildman–Crippen LogP) is 6.26. The molecule has 2 aromatic carbocycles. The highest BCUT2D eigenvalue weighted by molar-refractivity contribution is 5.89. The number of anilines is 1. The summed E-state index contributed by atoms with van der Waals surface area (Å²) in [5.74, 6) is 0.696. The third-order valence-electron chi connectivity index (χ3n) is 5.17. The normalized spacial score (nSPS) is 11.6. The van der Waals surface area contributed by atoms with Crippen molar-refractivity contribution in [1.82, 2.24) is 10.3 Å². The van der Waals surface area contributed by atoms with Crippen LogP contribution in [0.15, 0.2) is 54.7 Å². The van der Waals surface area contributed by atoms with Crippen LogP contribution in [0.2, 0.25) is 0 Å². The van der Waals surface area contributed by atoms with E-state index in [1.165, 1.54) is 19.4 Å². The molecule has 2 amide bonds. The SMILES string of the molecule is COc1cc(CNC(=O)Nc2ccc(C(F)(F)F)cc2)ccc1OCc1nccc(OCC(F)(F)F)c1C. The third kappa shape index (κ3) is 8.18. The molecule has 2 N–H and O–H groups in total. The average molecular weight is 543 g/mol. The van der Waals surface area contributed by atoms with Crippen LogP contribution in [0.4, 0.5) is 36.8 Å². The lowest BCUT2D eigenvalue weighted by Crippen LogP contribution is -2.28. The molecule has 3 aromatic rings. The van der Waals surface area contributed by atoms with E-state index in [0.29, 0.717) is 28.3 Å². The van der Waals surface area contributed by atoms with Gasteiger partial charge >= 0.3 is 18.4 Å². The van der Waals surface area contributed by atoms with Crippen molar-refractivity contribution in [3.8, 4) is 17.2 Å². The van der Waals surface area contributed by atoms with Gasteiger partial charge in [0.25, 0.3) is 0 Å². The number of nitrogens with zero attached hydrogens (tertiary/aromatic N) is 1. The molecule has 0 saturated heterocycles. The van der Waals surface area contributed by atoms with E-state index in [1.54, 1.807) is 25.1 Å². The van der Waals surface area contributed by atoms with Gasteiger partial charge in [-0.15, -0.1) is 0 Å². The number of nitrogens with one attached hydrogen (secondary N) is 2. The van der Waals surface area contributed by atoms with E-state index in [2.05, 4.69) is 15.6 Å². The molecule has 0 aliphatic rings. The van der Waals surface area contributed by atoms with Gasteiger partial charge in [-0.1, -0.05) is 6.07 Å². The second-order valence-corrected chi connectivity index (χ2v) is 7.94. The molecule has 1 heterocycles. The molecule has 0 aliphatic heterocycles. The van der Waals surface area contributed by atoms with Crippen LogP contribution >= 0.6 is 0 Å². The van der Waals surface area contributed by atoms with E-state index in [9.17, 15) is 31.1 Å². The van der Waals surface area contributed by atoms with Crippen LogP contribution in [0.5, 0.6) is 17.2 Å². The lowest BCUT2D eigenvalue weighted by atomic mass is 10.2. The number of urea groups is 1. The molecule has 1 aromatic heterocycles. The number of carbonyl (C=O) groups is 1. The number of amides is 2. The second kappa shape index (κ2) is 11.9. The first-order chi connectivity index (χ1) is 17.9. The number of pyridine rings is 1. The van der Waals surface area contributed by atoms with Crippen LogP contribution in [-0.4, -0.2) is 30.9 Å². The van der Waals surface area contributed by atoms with Gasteiger partial charge in [0.05, 0.1) is 18.4 Å². The highest BCUT2D eigenvalue weighted by Gasteiger charge is 2.30. The predicted molar refractivity (Wildman–Crippen MR) is 125 cm³/mol. The van der Waals surface area contributed by atoms with Crippen molar-refractivity contribution in [3.05, 3.63) is 77.1 Å². The summed E-state index contributed by atoms with van der Waals surface area (Å²) in [4.78, 5) is 16.3. The summed E-state index contributed by atoms with van der Waals surface area (Å²) in [6.07, 6.45) is -7.63. The molecule has 0 saturated carbocycles. The lowest BCUT2D eigenvalue weighted by molar-refractivity contribution is -0.153. The monoisotopic (exact) mass is 543 g/mol. The molecule has 0 aliphatic carbocycles. The number of rotatable bonds is 9. The van der Waals surface area contributed by atoms with Gasteiger partial charge in [0.1, 0.15) is 12.4 Å². The van der Waals surface area contributed by atoms with Crippen molar-refractivity contribution in [2.45, 2.75) is 32.4 Å². The van der Waals surface area contributed by atoms with Gasteiger partial charge in [-0.25, -0.2) is 4.79 Å². The van der Waals surface area contributed by atoms with Crippen molar-refractivity contribution in [1.29, 1.82) is 0 Å². The lowest BCUT2D eigenvalue weighted by Gasteiger charge is -2.15. The van der Waals surface area contributed by atoms with E-state index in [-0.39, 0.29) is 24.6 Å². The fourth-order valence-corrected chi connectivity index (χ4v) is 3.21. The molecule has 38 heavy (non-hydrogen) atoms. The molecule has 13 heteroatoms. The Morgan fingerprint density at radius 1 is 0.921 bits per heavy atom. The molecule has 0 fully saturated rings. The first-order valence-corrected chi connectivity index (χ1v) is 11.0. The fourth-order valence-electron chi connectivity index (χ4n) is 3.21. The Labute approximate surface area is 213 Å². The molecular formula is C25H23F6N3O4. The highest BCUT2D eigenvalue weighted by Crippen LogP contribution is 2.31. The molecule has 0 atom stereocenters. The van der Waals surface area contributed by atoms with Gasteiger partial charge in [0, 0.05) is 24.0 Å². The Morgan fingerprint density at radius 3 is 2.26 bits per heavy atom. The van der Waals surface area contributed by atoms with Crippen molar-refractivity contribution >= 4 is 11.7 Å². The van der Waals surface area contributed by atoms with E-state index in [1.807, 2.05) is 0 Å². The van der Waals surface area contributed by atoms with Gasteiger partial charge < -0.3 is 24.8 Å². The quantitative estimate of drug-likeness (QED) is 0.312. The van der Waals surface area contributed by atoms with Gasteiger partial charge in [0.15, 0.2) is 18.1 Å². The maximum atomic E-state index is 12.7. The minimum absolute atomic E-state index is 0.0406. The molecule has 7 nitrogen and oxygen atoms in total. The van der Waals surface area contributed by atoms with Crippen LogP contribution in [0, 0.1) is 6.92 Å².